The molecule has 7 heteroatoms. The second-order valence-electron chi connectivity index (χ2n) is 7.24. The van der Waals surface area contributed by atoms with Crippen molar-refractivity contribution in [2.24, 2.45) is 0 Å². The summed E-state index contributed by atoms with van der Waals surface area (Å²) >= 11 is 1.79. The minimum Gasteiger partial charge on any atom is -0.339 e. The molecule has 0 unspecified atom stereocenters. The van der Waals surface area contributed by atoms with E-state index in [2.05, 4.69) is 32.6 Å². The second-order valence-corrected chi connectivity index (χ2v) is 8.27. The second kappa shape index (κ2) is 10.5. The molecular formula is C22H30N4O2S. The lowest BCUT2D eigenvalue weighted by molar-refractivity contribution is -0.117. The number of anilines is 1. The van der Waals surface area contributed by atoms with Gasteiger partial charge in [0.1, 0.15) is 0 Å². The van der Waals surface area contributed by atoms with E-state index in [1.54, 1.807) is 28.4 Å². The van der Waals surface area contributed by atoms with Crippen molar-refractivity contribution >= 4 is 28.8 Å². The molecular weight excluding hydrogens is 384 g/mol. The fourth-order valence-corrected chi connectivity index (χ4v) is 4.30. The van der Waals surface area contributed by atoms with E-state index in [-0.39, 0.29) is 11.8 Å². The number of carbonyl (C=O) groups is 2. The summed E-state index contributed by atoms with van der Waals surface area (Å²) in [7, 11) is 0. The summed E-state index contributed by atoms with van der Waals surface area (Å²) in [6.07, 6.45) is 0. The molecule has 156 valence electrons. The van der Waals surface area contributed by atoms with E-state index in [4.69, 9.17) is 0 Å². The molecule has 2 amide bonds. The minimum atomic E-state index is -0.0378. The highest BCUT2D eigenvalue weighted by Gasteiger charge is 2.19. The van der Waals surface area contributed by atoms with E-state index in [1.165, 1.54) is 4.88 Å². The van der Waals surface area contributed by atoms with Gasteiger partial charge >= 0.3 is 0 Å². The summed E-state index contributed by atoms with van der Waals surface area (Å²) in [5.41, 5.74) is 1.28. The van der Waals surface area contributed by atoms with Crippen LogP contribution in [0.25, 0.3) is 0 Å². The van der Waals surface area contributed by atoms with E-state index >= 15 is 0 Å². The molecule has 1 N–H and O–H groups in total. The van der Waals surface area contributed by atoms with Crippen LogP contribution in [0.15, 0.2) is 41.8 Å². The highest BCUT2D eigenvalue weighted by molar-refractivity contribution is 7.09. The molecule has 1 fully saturated rings. The van der Waals surface area contributed by atoms with Gasteiger partial charge in [0, 0.05) is 61.9 Å². The first kappa shape index (κ1) is 21.5. The normalized spacial score (nSPS) is 15.2. The molecule has 0 atom stereocenters. The summed E-state index contributed by atoms with van der Waals surface area (Å²) in [6, 6.07) is 11.5. The maximum atomic E-state index is 12.5. The van der Waals surface area contributed by atoms with E-state index < -0.39 is 0 Å². The third-order valence-corrected chi connectivity index (χ3v) is 6.10. The van der Waals surface area contributed by atoms with Crippen molar-refractivity contribution in [2.45, 2.75) is 20.4 Å². The Labute approximate surface area is 177 Å². The smallest absolute Gasteiger partial charge is 0.253 e. The number of thiophene rings is 1. The first-order chi connectivity index (χ1) is 14.1. The molecule has 1 aromatic heterocycles. The minimum absolute atomic E-state index is 0.00652. The molecule has 2 aromatic rings. The maximum Gasteiger partial charge on any atom is 0.253 e. The first-order valence-electron chi connectivity index (χ1n) is 10.2. The zero-order valence-corrected chi connectivity index (χ0v) is 18.1. The molecule has 1 aliphatic heterocycles. The zero-order valence-electron chi connectivity index (χ0n) is 17.3. The maximum absolute atomic E-state index is 12.5. The van der Waals surface area contributed by atoms with Crippen LogP contribution < -0.4 is 5.32 Å². The average molecular weight is 415 g/mol. The number of rotatable bonds is 8. The van der Waals surface area contributed by atoms with Gasteiger partial charge in [-0.25, -0.2) is 0 Å². The van der Waals surface area contributed by atoms with Gasteiger partial charge in [-0.1, -0.05) is 12.1 Å². The Kier molecular flexibility index (Phi) is 7.80. The lowest BCUT2D eigenvalue weighted by Gasteiger charge is -2.34. The Morgan fingerprint density at radius 2 is 1.76 bits per heavy atom. The highest BCUT2D eigenvalue weighted by atomic mass is 32.1. The van der Waals surface area contributed by atoms with Gasteiger partial charge in [0.15, 0.2) is 0 Å². The summed E-state index contributed by atoms with van der Waals surface area (Å²) in [5.74, 6) is -0.0443. The van der Waals surface area contributed by atoms with Crippen molar-refractivity contribution < 1.29 is 9.59 Å². The highest BCUT2D eigenvalue weighted by Crippen LogP contribution is 2.15. The van der Waals surface area contributed by atoms with Crippen LogP contribution in [0, 0.1) is 0 Å². The topological polar surface area (TPSA) is 55.9 Å². The standard InChI is InChI=1S/C22H30N4O2S/c1-3-26(4-2)22(28)18-7-5-8-19(15-18)23-21(27)17-25-12-10-24(11-13-25)16-20-9-6-14-29-20/h5-9,14-15H,3-4,10-13,16-17H2,1-2H3,(H,23,27). The molecule has 6 nitrogen and oxygen atoms in total. The lowest BCUT2D eigenvalue weighted by atomic mass is 10.1. The van der Waals surface area contributed by atoms with Gasteiger partial charge in [0.05, 0.1) is 6.54 Å². The fraction of sp³-hybridized carbons (Fsp3) is 0.455. The molecule has 1 aliphatic rings. The van der Waals surface area contributed by atoms with E-state index in [9.17, 15) is 9.59 Å². The Morgan fingerprint density at radius 1 is 1.03 bits per heavy atom. The van der Waals surface area contributed by atoms with Crippen molar-refractivity contribution in [3.63, 3.8) is 0 Å². The third kappa shape index (κ3) is 6.13. The molecule has 0 spiro atoms. The molecule has 3 rings (SSSR count). The molecule has 0 bridgehead atoms. The largest absolute Gasteiger partial charge is 0.339 e. The van der Waals surface area contributed by atoms with Crippen molar-refractivity contribution in [3.8, 4) is 0 Å². The van der Waals surface area contributed by atoms with Gasteiger partial charge in [0.25, 0.3) is 5.91 Å². The molecule has 0 radical (unpaired) electrons. The molecule has 1 aromatic carbocycles. The van der Waals surface area contributed by atoms with Crippen LogP contribution in [0.2, 0.25) is 0 Å². The fourth-order valence-electron chi connectivity index (χ4n) is 3.56. The van der Waals surface area contributed by atoms with E-state index in [0.717, 1.165) is 32.7 Å². The van der Waals surface area contributed by atoms with Crippen LogP contribution in [0.5, 0.6) is 0 Å². The van der Waals surface area contributed by atoms with Crippen molar-refractivity contribution in [1.82, 2.24) is 14.7 Å². The predicted octanol–water partition coefficient (Wildman–Crippen LogP) is 2.99. The molecule has 29 heavy (non-hydrogen) atoms. The Morgan fingerprint density at radius 3 is 2.41 bits per heavy atom. The molecule has 0 saturated carbocycles. The molecule has 0 aliphatic carbocycles. The molecule has 1 saturated heterocycles. The number of hydrogen-bond donors (Lipinski definition) is 1. The third-order valence-electron chi connectivity index (χ3n) is 5.24. The summed E-state index contributed by atoms with van der Waals surface area (Å²) in [5, 5.41) is 5.06. The van der Waals surface area contributed by atoms with Crippen LogP contribution in [-0.2, 0) is 11.3 Å². The van der Waals surface area contributed by atoms with Gasteiger partial charge in [-0.3, -0.25) is 19.4 Å². The van der Waals surface area contributed by atoms with Gasteiger partial charge in [-0.15, -0.1) is 11.3 Å². The number of piperazine rings is 1. The van der Waals surface area contributed by atoms with Crippen LogP contribution in [0.1, 0.15) is 29.1 Å². The van der Waals surface area contributed by atoms with Gasteiger partial charge < -0.3 is 10.2 Å². The van der Waals surface area contributed by atoms with E-state index in [1.807, 2.05) is 26.0 Å². The summed E-state index contributed by atoms with van der Waals surface area (Å²) in [6.45, 7) is 10.4. The number of hydrogen-bond acceptors (Lipinski definition) is 5. The summed E-state index contributed by atoms with van der Waals surface area (Å²) < 4.78 is 0. The van der Waals surface area contributed by atoms with Crippen LogP contribution in [0.4, 0.5) is 5.69 Å². The average Bonchev–Trinajstić information content (AvgIpc) is 3.23. The molecule has 2 heterocycles. The Bertz CT molecular complexity index is 797. The quantitative estimate of drug-likeness (QED) is 0.722. The van der Waals surface area contributed by atoms with Crippen LogP contribution in [0.3, 0.4) is 0 Å². The number of carbonyl (C=O) groups excluding carboxylic acids is 2. The predicted molar refractivity (Wildman–Crippen MR) is 118 cm³/mol. The van der Waals surface area contributed by atoms with Crippen LogP contribution in [-0.4, -0.2) is 72.3 Å². The Hall–Kier alpha value is -2.22. The van der Waals surface area contributed by atoms with Crippen molar-refractivity contribution in [2.75, 3.05) is 51.1 Å². The first-order valence-corrected chi connectivity index (χ1v) is 11.1. The zero-order chi connectivity index (χ0) is 20.6. The number of benzene rings is 1. The van der Waals surface area contributed by atoms with E-state index in [0.29, 0.717) is 30.9 Å². The van der Waals surface area contributed by atoms with Crippen LogP contribution >= 0.6 is 11.3 Å². The number of nitrogens with one attached hydrogen (secondary N) is 1. The Balaban J connectivity index is 1.47. The van der Waals surface area contributed by atoms with Gasteiger partial charge in [-0.05, 0) is 43.5 Å². The van der Waals surface area contributed by atoms with Gasteiger partial charge in [-0.2, -0.15) is 0 Å². The van der Waals surface area contributed by atoms with Crippen molar-refractivity contribution in [1.29, 1.82) is 0 Å². The number of amides is 2. The SMILES string of the molecule is CCN(CC)C(=O)c1cccc(NC(=O)CN2CCN(Cc3cccs3)CC2)c1. The monoisotopic (exact) mass is 414 g/mol. The summed E-state index contributed by atoms with van der Waals surface area (Å²) in [4.78, 5) is 32.8. The van der Waals surface area contributed by atoms with Crippen molar-refractivity contribution in [3.05, 3.63) is 52.2 Å². The number of nitrogens with zero attached hydrogens (tertiary/aromatic N) is 3. The lowest BCUT2D eigenvalue weighted by Crippen LogP contribution is -2.48. The van der Waals surface area contributed by atoms with Gasteiger partial charge in [0.2, 0.25) is 5.91 Å².